The van der Waals surface area contributed by atoms with Crippen molar-refractivity contribution in [2.24, 2.45) is 0 Å². The van der Waals surface area contributed by atoms with Crippen LogP contribution in [-0.2, 0) is 15.0 Å². The Morgan fingerprint density at radius 3 is 2.50 bits per heavy atom. The number of nitrogens with one attached hydrogen (secondary N) is 1. The molecular weight excluding hydrogens is 308 g/mol. The first-order valence-corrected chi connectivity index (χ1v) is 8.23. The summed E-state index contributed by atoms with van der Waals surface area (Å²) >= 11 is 0. The summed E-state index contributed by atoms with van der Waals surface area (Å²) in [6.45, 7) is 8.88. The fourth-order valence-corrected chi connectivity index (χ4v) is 2.49. The second-order valence-corrected chi connectivity index (χ2v) is 6.53. The zero-order valence-electron chi connectivity index (χ0n) is 15.0. The lowest BCUT2D eigenvalue weighted by Gasteiger charge is -2.29. The topological polar surface area (TPSA) is 67.9 Å². The van der Waals surface area contributed by atoms with E-state index in [1.165, 1.54) is 0 Å². The predicted octanol–water partition coefficient (Wildman–Crippen LogP) is 1.72. The van der Waals surface area contributed by atoms with Crippen molar-refractivity contribution in [3.8, 4) is 11.5 Å². The highest BCUT2D eigenvalue weighted by molar-refractivity contribution is 5.92. The van der Waals surface area contributed by atoms with E-state index in [1.54, 1.807) is 18.9 Å². The summed E-state index contributed by atoms with van der Waals surface area (Å²) in [6.07, 6.45) is 0. The van der Waals surface area contributed by atoms with E-state index in [1.807, 2.05) is 39.0 Å². The van der Waals surface area contributed by atoms with Crippen LogP contribution in [0.5, 0.6) is 11.5 Å². The van der Waals surface area contributed by atoms with E-state index in [0.29, 0.717) is 31.3 Å². The highest BCUT2D eigenvalue weighted by Crippen LogP contribution is 2.35. The maximum Gasteiger partial charge on any atom is 0.244 e. The molecule has 2 amide bonds. The van der Waals surface area contributed by atoms with E-state index in [9.17, 15) is 9.59 Å². The Morgan fingerprint density at radius 1 is 1.25 bits per heavy atom. The van der Waals surface area contributed by atoms with Crippen LogP contribution in [0.15, 0.2) is 18.2 Å². The monoisotopic (exact) mass is 334 g/mol. The normalized spacial score (nSPS) is 14.7. The molecule has 0 aromatic heterocycles. The summed E-state index contributed by atoms with van der Waals surface area (Å²) in [6, 6.07) is 4.94. The van der Waals surface area contributed by atoms with E-state index < -0.39 is 11.5 Å². The molecule has 0 radical (unpaired) electrons. The number of likely N-dealkylation sites (N-methyl/N-ethyl adjacent to an activating group) is 1. The molecule has 1 atom stereocenters. The molecule has 24 heavy (non-hydrogen) atoms. The van der Waals surface area contributed by atoms with Gasteiger partial charge in [0.25, 0.3) is 0 Å². The Labute approximate surface area is 143 Å². The molecular formula is C18H26N2O4. The predicted molar refractivity (Wildman–Crippen MR) is 91.4 cm³/mol. The van der Waals surface area contributed by atoms with Crippen molar-refractivity contribution in [1.82, 2.24) is 10.2 Å². The van der Waals surface area contributed by atoms with Gasteiger partial charge in [-0.15, -0.1) is 0 Å². The van der Waals surface area contributed by atoms with Gasteiger partial charge in [0, 0.05) is 13.6 Å². The number of carbonyl (C=O) groups is 2. The van der Waals surface area contributed by atoms with Crippen molar-refractivity contribution in [1.29, 1.82) is 0 Å². The summed E-state index contributed by atoms with van der Waals surface area (Å²) in [5.41, 5.74) is 0.0163. The van der Waals surface area contributed by atoms with Gasteiger partial charge in [0.1, 0.15) is 19.3 Å². The van der Waals surface area contributed by atoms with E-state index in [2.05, 4.69) is 5.32 Å². The number of nitrogens with zero attached hydrogens (tertiary/aromatic N) is 1. The van der Waals surface area contributed by atoms with E-state index in [4.69, 9.17) is 9.47 Å². The minimum absolute atomic E-state index is 0.108. The number of fused-ring (bicyclic) bond motifs is 1. The van der Waals surface area contributed by atoms with Crippen LogP contribution in [0.25, 0.3) is 0 Å². The van der Waals surface area contributed by atoms with Crippen molar-refractivity contribution in [3.05, 3.63) is 23.8 Å². The van der Waals surface area contributed by atoms with Gasteiger partial charge in [-0.3, -0.25) is 9.59 Å². The summed E-state index contributed by atoms with van der Waals surface area (Å²) in [7, 11) is 1.72. The van der Waals surface area contributed by atoms with Gasteiger partial charge in [-0.1, -0.05) is 6.07 Å². The number of hydrogen-bond donors (Lipinski definition) is 1. The van der Waals surface area contributed by atoms with Crippen LogP contribution < -0.4 is 14.8 Å². The SMILES string of the molecule is CCN(C)C(=O)C(C)NC(=O)C(C)(C)c1ccc2c(c1)OCCO2. The number of carbonyl (C=O) groups excluding carboxylic acids is 2. The summed E-state index contributed by atoms with van der Waals surface area (Å²) in [5, 5.41) is 2.81. The lowest BCUT2D eigenvalue weighted by Crippen LogP contribution is -2.50. The summed E-state index contributed by atoms with van der Waals surface area (Å²) < 4.78 is 11.1. The molecule has 6 nitrogen and oxygen atoms in total. The van der Waals surface area contributed by atoms with Crippen molar-refractivity contribution >= 4 is 11.8 Å². The average molecular weight is 334 g/mol. The van der Waals surface area contributed by atoms with Crippen LogP contribution in [0, 0.1) is 0 Å². The molecule has 0 aliphatic carbocycles. The second-order valence-electron chi connectivity index (χ2n) is 6.53. The molecule has 0 spiro atoms. The molecule has 1 heterocycles. The van der Waals surface area contributed by atoms with Gasteiger partial charge < -0.3 is 19.7 Å². The summed E-state index contributed by atoms with van der Waals surface area (Å²) in [5.74, 6) is 1.03. The minimum Gasteiger partial charge on any atom is -0.486 e. The highest BCUT2D eigenvalue weighted by Gasteiger charge is 2.33. The maximum atomic E-state index is 12.7. The Kier molecular flexibility index (Phi) is 5.36. The lowest BCUT2D eigenvalue weighted by molar-refractivity contribution is -0.136. The molecule has 0 bridgehead atoms. The Bertz CT molecular complexity index is 627. The van der Waals surface area contributed by atoms with Gasteiger partial charge >= 0.3 is 0 Å². The van der Waals surface area contributed by atoms with Crippen LogP contribution in [0.4, 0.5) is 0 Å². The molecule has 1 aromatic carbocycles. The molecule has 1 aliphatic rings. The summed E-state index contributed by atoms with van der Waals surface area (Å²) in [4.78, 5) is 26.4. The van der Waals surface area contributed by atoms with Crippen LogP contribution in [-0.4, -0.2) is 49.6 Å². The van der Waals surface area contributed by atoms with Crippen LogP contribution in [0.1, 0.15) is 33.3 Å². The van der Waals surface area contributed by atoms with E-state index in [0.717, 1.165) is 5.56 Å². The molecule has 1 aliphatic heterocycles. The van der Waals surface area contributed by atoms with Crippen molar-refractivity contribution in [3.63, 3.8) is 0 Å². The van der Waals surface area contributed by atoms with Crippen LogP contribution in [0.3, 0.4) is 0 Å². The number of hydrogen-bond acceptors (Lipinski definition) is 4. The Hall–Kier alpha value is -2.24. The number of ether oxygens (including phenoxy) is 2. The van der Waals surface area contributed by atoms with Crippen molar-refractivity contribution in [2.75, 3.05) is 26.8 Å². The minimum atomic E-state index is -0.796. The zero-order valence-corrected chi connectivity index (χ0v) is 15.0. The molecule has 1 aromatic rings. The Morgan fingerprint density at radius 2 is 1.88 bits per heavy atom. The molecule has 0 saturated carbocycles. The van der Waals surface area contributed by atoms with Gasteiger partial charge in [0.15, 0.2) is 11.5 Å². The number of rotatable bonds is 5. The fourth-order valence-electron chi connectivity index (χ4n) is 2.49. The van der Waals surface area contributed by atoms with Gasteiger partial charge in [0.05, 0.1) is 5.41 Å². The largest absolute Gasteiger partial charge is 0.486 e. The first-order chi connectivity index (χ1) is 11.3. The molecule has 1 N–H and O–H groups in total. The molecule has 1 unspecified atom stereocenters. The molecule has 132 valence electrons. The van der Waals surface area contributed by atoms with Crippen molar-refractivity contribution < 1.29 is 19.1 Å². The molecule has 2 rings (SSSR count). The third kappa shape index (κ3) is 3.63. The smallest absolute Gasteiger partial charge is 0.244 e. The third-order valence-electron chi connectivity index (χ3n) is 4.40. The van der Waals surface area contributed by atoms with Gasteiger partial charge in [-0.05, 0) is 45.4 Å². The van der Waals surface area contributed by atoms with Gasteiger partial charge in [0.2, 0.25) is 11.8 Å². The zero-order chi connectivity index (χ0) is 17.9. The van der Waals surface area contributed by atoms with Gasteiger partial charge in [-0.2, -0.15) is 0 Å². The molecule has 0 fully saturated rings. The van der Waals surface area contributed by atoms with Crippen LogP contribution in [0.2, 0.25) is 0 Å². The van der Waals surface area contributed by atoms with Crippen LogP contribution >= 0.6 is 0 Å². The lowest BCUT2D eigenvalue weighted by atomic mass is 9.83. The third-order valence-corrected chi connectivity index (χ3v) is 4.40. The quantitative estimate of drug-likeness (QED) is 0.890. The van der Waals surface area contributed by atoms with Crippen molar-refractivity contribution in [2.45, 2.75) is 39.2 Å². The standard InChI is InChI=1S/C18H26N2O4/c1-6-20(5)16(21)12(2)19-17(22)18(3,4)13-7-8-14-15(11-13)24-10-9-23-14/h7-8,11-12H,6,9-10H2,1-5H3,(H,19,22). The highest BCUT2D eigenvalue weighted by atomic mass is 16.6. The first kappa shape index (κ1) is 18.1. The van der Waals surface area contributed by atoms with E-state index in [-0.39, 0.29) is 11.8 Å². The van der Waals surface area contributed by atoms with Gasteiger partial charge in [-0.25, -0.2) is 0 Å². The molecule has 0 saturated heterocycles. The fraction of sp³-hybridized carbons (Fsp3) is 0.556. The molecule has 6 heteroatoms. The number of benzene rings is 1. The maximum absolute atomic E-state index is 12.7. The first-order valence-electron chi connectivity index (χ1n) is 8.23. The average Bonchev–Trinajstić information content (AvgIpc) is 2.59. The van der Waals surface area contributed by atoms with E-state index >= 15 is 0 Å². The second kappa shape index (κ2) is 7.11. The Balaban J connectivity index is 2.14. The number of amides is 2.